The van der Waals surface area contributed by atoms with Crippen LogP contribution in [0.4, 0.5) is 5.95 Å². The maximum Gasteiger partial charge on any atom is 0.203 e. The van der Waals surface area contributed by atoms with E-state index < -0.39 is 0 Å². The Hall–Kier alpha value is -0.990. The van der Waals surface area contributed by atoms with Gasteiger partial charge in [0.1, 0.15) is 0 Å². The van der Waals surface area contributed by atoms with E-state index in [1.54, 1.807) is 0 Å². The monoisotopic (exact) mass is 263 g/mol. The molecule has 0 aliphatic heterocycles. The van der Waals surface area contributed by atoms with Crippen LogP contribution < -0.4 is 5.32 Å². The molecule has 1 aliphatic rings. The third kappa shape index (κ3) is 3.74. The van der Waals surface area contributed by atoms with Crippen LogP contribution in [-0.2, 0) is 0 Å². The molecule has 3 nitrogen and oxygen atoms in total. The van der Waals surface area contributed by atoms with Crippen molar-refractivity contribution in [1.29, 1.82) is 0 Å². The van der Waals surface area contributed by atoms with E-state index in [4.69, 9.17) is 4.98 Å². The maximum atomic E-state index is 4.71. The second-order valence-corrected chi connectivity index (χ2v) is 5.94. The molecule has 1 aromatic rings. The van der Waals surface area contributed by atoms with Crippen LogP contribution in [0.15, 0.2) is 6.20 Å². The predicted octanol–water partition coefficient (Wildman–Crippen LogP) is 4.69. The number of anilines is 1. The van der Waals surface area contributed by atoms with Crippen LogP contribution in [0.25, 0.3) is 0 Å². The molecule has 1 atom stereocenters. The lowest BCUT2D eigenvalue weighted by Gasteiger charge is -2.25. The molecule has 1 saturated carbocycles. The van der Waals surface area contributed by atoms with Crippen LogP contribution in [0.2, 0.25) is 0 Å². The molecule has 1 unspecified atom stereocenters. The Balaban J connectivity index is 2.10. The molecule has 3 heteroatoms. The van der Waals surface area contributed by atoms with E-state index >= 15 is 0 Å². The minimum atomic E-state index is 0.595. The van der Waals surface area contributed by atoms with E-state index in [9.17, 15) is 0 Å². The molecule has 2 rings (SSSR count). The Bertz CT molecular complexity index is 377. The highest BCUT2D eigenvalue weighted by Crippen LogP contribution is 2.26. The first-order valence-electron chi connectivity index (χ1n) is 8.06. The third-order valence-corrected chi connectivity index (χ3v) is 4.28. The summed E-state index contributed by atoms with van der Waals surface area (Å²) in [5, 5.41) is 3.70. The summed E-state index contributed by atoms with van der Waals surface area (Å²) in [4.78, 5) is 4.71. The smallest absolute Gasteiger partial charge is 0.203 e. The van der Waals surface area contributed by atoms with Crippen molar-refractivity contribution in [3.05, 3.63) is 11.9 Å². The molecule has 1 aliphatic carbocycles. The van der Waals surface area contributed by atoms with Crippen LogP contribution >= 0.6 is 0 Å². The average Bonchev–Trinajstić information content (AvgIpc) is 2.78. The zero-order valence-corrected chi connectivity index (χ0v) is 12.8. The van der Waals surface area contributed by atoms with Crippen molar-refractivity contribution in [2.75, 3.05) is 5.32 Å². The quantitative estimate of drug-likeness (QED) is 0.807. The summed E-state index contributed by atoms with van der Waals surface area (Å²) in [6, 6.07) is 1.23. The minimum Gasteiger partial charge on any atom is -0.353 e. The SMILES string of the molecule is CCCC(CC)n1cc(C)nc1NC1CCCCC1. The molecule has 1 heterocycles. The number of aryl methyl sites for hydroxylation is 1. The van der Waals surface area contributed by atoms with E-state index in [0.717, 1.165) is 11.6 Å². The van der Waals surface area contributed by atoms with Gasteiger partial charge in [-0.3, -0.25) is 0 Å². The second-order valence-electron chi connectivity index (χ2n) is 5.94. The molecule has 1 fully saturated rings. The molecule has 0 spiro atoms. The van der Waals surface area contributed by atoms with Crippen molar-refractivity contribution in [3.8, 4) is 0 Å². The first kappa shape index (κ1) is 14.4. The fourth-order valence-electron chi connectivity index (χ4n) is 3.20. The summed E-state index contributed by atoms with van der Waals surface area (Å²) < 4.78 is 2.38. The Morgan fingerprint density at radius 2 is 2.05 bits per heavy atom. The van der Waals surface area contributed by atoms with E-state index in [1.165, 1.54) is 51.4 Å². The van der Waals surface area contributed by atoms with Crippen LogP contribution in [0.5, 0.6) is 0 Å². The molecular formula is C16H29N3. The fraction of sp³-hybridized carbons (Fsp3) is 0.812. The first-order valence-corrected chi connectivity index (χ1v) is 8.06. The minimum absolute atomic E-state index is 0.595. The third-order valence-electron chi connectivity index (χ3n) is 4.28. The van der Waals surface area contributed by atoms with Gasteiger partial charge < -0.3 is 9.88 Å². The Morgan fingerprint density at radius 1 is 1.32 bits per heavy atom. The molecular weight excluding hydrogens is 234 g/mol. The Kier molecular flexibility index (Phi) is 5.29. The number of nitrogens with one attached hydrogen (secondary N) is 1. The van der Waals surface area contributed by atoms with Gasteiger partial charge in [-0.05, 0) is 32.6 Å². The van der Waals surface area contributed by atoms with Gasteiger partial charge in [-0.15, -0.1) is 0 Å². The largest absolute Gasteiger partial charge is 0.353 e. The number of rotatable bonds is 6. The van der Waals surface area contributed by atoms with Gasteiger partial charge in [0.05, 0.1) is 5.69 Å². The number of aromatic nitrogens is 2. The summed E-state index contributed by atoms with van der Waals surface area (Å²) in [5.74, 6) is 1.10. The Labute approximate surface area is 117 Å². The first-order chi connectivity index (χ1) is 9.24. The topological polar surface area (TPSA) is 29.9 Å². The van der Waals surface area contributed by atoms with Crippen molar-refractivity contribution in [2.45, 2.75) is 84.2 Å². The highest BCUT2D eigenvalue weighted by molar-refractivity contribution is 5.31. The van der Waals surface area contributed by atoms with Gasteiger partial charge in [-0.25, -0.2) is 4.98 Å². The van der Waals surface area contributed by atoms with Gasteiger partial charge in [0.25, 0.3) is 0 Å². The van der Waals surface area contributed by atoms with Gasteiger partial charge in [0.2, 0.25) is 5.95 Å². The normalized spacial score (nSPS) is 18.5. The maximum absolute atomic E-state index is 4.71. The van der Waals surface area contributed by atoms with Crippen molar-refractivity contribution in [1.82, 2.24) is 9.55 Å². The number of hydrogen-bond acceptors (Lipinski definition) is 2. The fourth-order valence-corrected chi connectivity index (χ4v) is 3.20. The van der Waals surface area contributed by atoms with E-state index in [1.807, 2.05) is 0 Å². The number of hydrogen-bond donors (Lipinski definition) is 1. The molecule has 1 aromatic heterocycles. The summed E-state index contributed by atoms with van der Waals surface area (Å²) in [6.07, 6.45) is 12.6. The van der Waals surface area contributed by atoms with Crippen LogP contribution in [0.3, 0.4) is 0 Å². The highest BCUT2D eigenvalue weighted by Gasteiger charge is 2.18. The van der Waals surface area contributed by atoms with E-state index in [2.05, 4.69) is 36.9 Å². The van der Waals surface area contributed by atoms with Gasteiger partial charge in [0, 0.05) is 18.3 Å². The summed E-state index contributed by atoms with van der Waals surface area (Å²) in [6.45, 7) is 6.64. The Morgan fingerprint density at radius 3 is 2.68 bits per heavy atom. The van der Waals surface area contributed by atoms with Gasteiger partial charge in [0.15, 0.2) is 0 Å². The standard InChI is InChI=1S/C16H29N3/c1-4-9-15(5-2)19-12-13(3)17-16(19)18-14-10-7-6-8-11-14/h12,14-15H,4-11H2,1-3H3,(H,17,18). The lowest BCUT2D eigenvalue weighted by molar-refractivity contribution is 0.434. The summed E-state index contributed by atoms with van der Waals surface area (Å²) in [7, 11) is 0. The van der Waals surface area contributed by atoms with Crippen molar-refractivity contribution in [3.63, 3.8) is 0 Å². The van der Waals surface area contributed by atoms with E-state index in [-0.39, 0.29) is 0 Å². The lowest BCUT2D eigenvalue weighted by Crippen LogP contribution is -2.25. The van der Waals surface area contributed by atoms with Crippen molar-refractivity contribution in [2.24, 2.45) is 0 Å². The van der Waals surface area contributed by atoms with Crippen LogP contribution in [-0.4, -0.2) is 15.6 Å². The predicted molar refractivity (Wildman–Crippen MR) is 81.7 cm³/mol. The molecule has 0 bridgehead atoms. The van der Waals surface area contributed by atoms with Crippen LogP contribution in [0.1, 0.15) is 76.9 Å². The van der Waals surface area contributed by atoms with Gasteiger partial charge in [-0.1, -0.05) is 39.5 Å². The van der Waals surface area contributed by atoms with Gasteiger partial charge in [-0.2, -0.15) is 0 Å². The summed E-state index contributed by atoms with van der Waals surface area (Å²) >= 11 is 0. The molecule has 19 heavy (non-hydrogen) atoms. The summed E-state index contributed by atoms with van der Waals surface area (Å²) in [5.41, 5.74) is 1.13. The second kappa shape index (κ2) is 6.97. The number of imidazole rings is 1. The van der Waals surface area contributed by atoms with Crippen molar-refractivity contribution >= 4 is 5.95 Å². The lowest BCUT2D eigenvalue weighted by atomic mass is 9.96. The van der Waals surface area contributed by atoms with Crippen molar-refractivity contribution < 1.29 is 0 Å². The molecule has 0 saturated heterocycles. The highest BCUT2D eigenvalue weighted by atomic mass is 15.2. The molecule has 0 radical (unpaired) electrons. The molecule has 108 valence electrons. The zero-order chi connectivity index (χ0) is 13.7. The van der Waals surface area contributed by atoms with Crippen LogP contribution in [0, 0.1) is 6.92 Å². The molecule has 1 N–H and O–H groups in total. The average molecular weight is 263 g/mol. The van der Waals surface area contributed by atoms with Gasteiger partial charge >= 0.3 is 0 Å². The number of nitrogens with zero attached hydrogens (tertiary/aromatic N) is 2. The van der Waals surface area contributed by atoms with E-state index in [0.29, 0.717) is 12.1 Å². The molecule has 0 amide bonds. The molecule has 0 aromatic carbocycles. The zero-order valence-electron chi connectivity index (χ0n) is 12.8.